The number of aliphatic hydroxyl groups excluding tert-OH is 1. The van der Waals surface area contributed by atoms with Crippen molar-refractivity contribution < 1.29 is 24.6 Å². The van der Waals surface area contributed by atoms with E-state index in [2.05, 4.69) is 10.6 Å². The molecule has 0 unspecified atom stereocenters. The molecule has 0 saturated heterocycles. The van der Waals surface area contributed by atoms with Gasteiger partial charge in [-0.15, -0.1) is 0 Å². The highest BCUT2D eigenvalue weighted by molar-refractivity contribution is 5.87. The molecule has 2 amide bonds. The zero-order valence-corrected chi connectivity index (χ0v) is 13.9. The predicted octanol–water partition coefficient (Wildman–Crippen LogP) is 0.514. The van der Waals surface area contributed by atoms with Crippen LogP contribution >= 0.6 is 0 Å². The van der Waals surface area contributed by atoms with E-state index in [0.717, 1.165) is 0 Å². The van der Waals surface area contributed by atoms with Crippen LogP contribution in [0, 0.1) is 11.8 Å². The molecular weight excluding hydrogens is 288 g/mol. The fourth-order valence-electron chi connectivity index (χ4n) is 2.17. The third kappa shape index (κ3) is 7.97. The van der Waals surface area contributed by atoms with Gasteiger partial charge in [-0.05, 0) is 18.3 Å². The van der Waals surface area contributed by atoms with E-state index in [1.165, 1.54) is 6.92 Å². The molecule has 0 aliphatic carbocycles. The van der Waals surface area contributed by atoms with Crippen LogP contribution in [-0.2, 0) is 14.4 Å². The second-order valence-electron chi connectivity index (χ2n) is 6.33. The third-order valence-corrected chi connectivity index (χ3v) is 3.21. The van der Waals surface area contributed by atoms with Crippen LogP contribution in [0.5, 0.6) is 0 Å². The van der Waals surface area contributed by atoms with E-state index in [1.54, 1.807) is 13.8 Å². The highest BCUT2D eigenvalue weighted by Gasteiger charge is 2.29. The molecule has 0 heterocycles. The van der Waals surface area contributed by atoms with Gasteiger partial charge in [-0.25, -0.2) is 0 Å². The van der Waals surface area contributed by atoms with Crippen LogP contribution in [0.15, 0.2) is 0 Å². The van der Waals surface area contributed by atoms with Gasteiger partial charge in [0.05, 0.1) is 18.6 Å². The number of hydrogen-bond donors (Lipinski definition) is 4. The standard InChI is InChI=1S/C15H28N2O5/c1-8(2)6-11(12(19)7-13(20)21)17-15(22)14(9(3)4)16-10(5)18/h8-9,11-12,14,19H,6-7H2,1-5H3,(H,16,18)(H,17,22)(H,20,21)/t11-,12-,14-/m0/s1. The average molecular weight is 316 g/mol. The van der Waals surface area contributed by atoms with Crippen molar-refractivity contribution in [2.24, 2.45) is 11.8 Å². The van der Waals surface area contributed by atoms with Crippen molar-refractivity contribution in [3.8, 4) is 0 Å². The Hall–Kier alpha value is -1.63. The summed E-state index contributed by atoms with van der Waals surface area (Å²) in [5.74, 6) is -1.81. The van der Waals surface area contributed by atoms with Crippen LogP contribution in [-0.4, -0.2) is 46.2 Å². The van der Waals surface area contributed by atoms with Gasteiger partial charge in [0.1, 0.15) is 6.04 Å². The summed E-state index contributed by atoms with van der Waals surface area (Å²) in [5.41, 5.74) is 0. The summed E-state index contributed by atoms with van der Waals surface area (Å²) in [6, 6.07) is -1.39. The summed E-state index contributed by atoms with van der Waals surface area (Å²) in [4.78, 5) is 34.2. The lowest BCUT2D eigenvalue weighted by Crippen LogP contribution is -2.54. The van der Waals surface area contributed by atoms with Crippen molar-refractivity contribution in [2.45, 2.75) is 65.6 Å². The highest BCUT2D eigenvalue weighted by Crippen LogP contribution is 2.12. The summed E-state index contributed by atoms with van der Waals surface area (Å²) in [6.07, 6.45) is -1.16. The van der Waals surface area contributed by atoms with E-state index in [-0.39, 0.29) is 17.7 Å². The lowest BCUT2D eigenvalue weighted by Gasteiger charge is -2.28. The number of aliphatic hydroxyl groups is 1. The molecule has 0 saturated carbocycles. The summed E-state index contributed by atoms with van der Waals surface area (Å²) in [6.45, 7) is 8.75. The minimum absolute atomic E-state index is 0.125. The molecule has 0 aromatic carbocycles. The van der Waals surface area contributed by atoms with E-state index in [1.807, 2.05) is 13.8 Å². The zero-order chi connectivity index (χ0) is 17.4. The Kier molecular flexibility index (Phi) is 8.70. The minimum Gasteiger partial charge on any atom is -0.481 e. The first-order valence-corrected chi connectivity index (χ1v) is 7.51. The second-order valence-corrected chi connectivity index (χ2v) is 6.33. The van der Waals surface area contributed by atoms with Gasteiger partial charge in [-0.2, -0.15) is 0 Å². The van der Waals surface area contributed by atoms with Crippen molar-refractivity contribution in [1.29, 1.82) is 0 Å². The topological polar surface area (TPSA) is 116 Å². The van der Waals surface area contributed by atoms with E-state index < -0.39 is 36.5 Å². The summed E-state index contributed by atoms with van der Waals surface area (Å²) in [7, 11) is 0. The van der Waals surface area contributed by atoms with Crippen molar-refractivity contribution in [1.82, 2.24) is 10.6 Å². The molecule has 3 atom stereocenters. The highest BCUT2D eigenvalue weighted by atomic mass is 16.4. The van der Waals surface area contributed by atoms with Crippen LogP contribution in [0.1, 0.15) is 47.5 Å². The van der Waals surface area contributed by atoms with Crippen LogP contribution in [0.25, 0.3) is 0 Å². The number of rotatable bonds is 9. The monoisotopic (exact) mass is 316 g/mol. The fourth-order valence-corrected chi connectivity index (χ4v) is 2.17. The molecule has 0 spiro atoms. The molecule has 0 aromatic rings. The average Bonchev–Trinajstić information content (AvgIpc) is 2.32. The van der Waals surface area contributed by atoms with Crippen molar-refractivity contribution in [3.63, 3.8) is 0 Å². The van der Waals surface area contributed by atoms with Crippen molar-refractivity contribution in [3.05, 3.63) is 0 Å². The van der Waals surface area contributed by atoms with Gasteiger partial charge in [0, 0.05) is 6.92 Å². The van der Waals surface area contributed by atoms with Gasteiger partial charge >= 0.3 is 5.97 Å². The molecule has 0 aliphatic heterocycles. The lowest BCUT2D eigenvalue weighted by molar-refractivity contribution is -0.140. The van der Waals surface area contributed by atoms with Crippen LogP contribution in [0.4, 0.5) is 0 Å². The first-order valence-electron chi connectivity index (χ1n) is 7.51. The maximum atomic E-state index is 12.3. The molecule has 0 aromatic heterocycles. The molecule has 7 heteroatoms. The number of nitrogens with one attached hydrogen (secondary N) is 2. The Morgan fingerprint density at radius 1 is 1.05 bits per heavy atom. The normalized spacial score (nSPS) is 15.3. The lowest BCUT2D eigenvalue weighted by atomic mass is 9.96. The summed E-state index contributed by atoms with van der Waals surface area (Å²) < 4.78 is 0. The quantitative estimate of drug-likeness (QED) is 0.495. The van der Waals surface area contributed by atoms with E-state index in [4.69, 9.17) is 5.11 Å². The molecule has 7 nitrogen and oxygen atoms in total. The van der Waals surface area contributed by atoms with Gasteiger partial charge in [0.15, 0.2) is 0 Å². The van der Waals surface area contributed by atoms with E-state index in [9.17, 15) is 19.5 Å². The van der Waals surface area contributed by atoms with Gasteiger partial charge in [0.2, 0.25) is 11.8 Å². The number of carbonyl (C=O) groups is 3. The van der Waals surface area contributed by atoms with Crippen LogP contribution in [0.2, 0.25) is 0 Å². The fraction of sp³-hybridized carbons (Fsp3) is 0.800. The molecule has 0 fully saturated rings. The van der Waals surface area contributed by atoms with Gasteiger partial charge in [-0.1, -0.05) is 27.7 Å². The van der Waals surface area contributed by atoms with Gasteiger partial charge in [-0.3, -0.25) is 14.4 Å². The maximum absolute atomic E-state index is 12.3. The summed E-state index contributed by atoms with van der Waals surface area (Å²) in [5, 5.41) is 24.0. The zero-order valence-electron chi connectivity index (χ0n) is 13.9. The predicted molar refractivity (Wildman–Crippen MR) is 82.1 cm³/mol. The molecule has 0 aliphatic rings. The Morgan fingerprint density at radius 2 is 1.59 bits per heavy atom. The molecule has 0 radical (unpaired) electrons. The Bertz CT molecular complexity index is 395. The Morgan fingerprint density at radius 3 is 1.95 bits per heavy atom. The largest absolute Gasteiger partial charge is 0.481 e. The number of aliphatic carboxylic acids is 1. The Balaban J connectivity index is 4.97. The minimum atomic E-state index is -1.17. The first kappa shape index (κ1) is 20.4. The molecule has 4 N–H and O–H groups in total. The maximum Gasteiger partial charge on any atom is 0.306 e. The molecule has 0 rings (SSSR count). The molecular formula is C15H28N2O5. The van der Waals surface area contributed by atoms with Gasteiger partial charge in [0.25, 0.3) is 0 Å². The van der Waals surface area contributed by atoms with Crippen LogP contribution < -0.4 is 10.6 Å². The van der Waals surface area contributed by atoms with E-state index >= 15 is 0 Å². The van der Waals surface area contributed by atoms with E-state index in [0.29, 0.717) is 6.42 Å². The number of carbonyl (C=O) groups excluding carboxylic acids is 2. The SMILES string of the molecule is CC(=O)N[C@H](C(=O)N[C@@H](CC(C)C)[C@@H](O)CC(=O)O)C(C)C. The smallest absolute Gasteiger partial charge is 0.306 e. The van der Waals surface area contributed by atoms with Crippen LogP contribution in [0.3, 0.4) is 0 Å². The number of amides is 2. The van der Waals surface area contributed by atoms with Crippen molar-refractivity contribution in [2.75, 3.05) is 0 Å². The molecule has 128 valence electrons. The van der Waals surface area contributed by atoms with Crippen molar-refractivity contribution >= 4 is 17.8 Å². The number of carboxylic acid groups (broad SMARTS) is 1. The Labute approximate surface area is 131 Å². The molecule has 0 bridgehead atoms. The first-order chi connectivity index (χ1) is 10.0. The second kappa shape index (κ2) is 9.40. The molecule has 22 heavy (non-hydrogen) atoms. The number of hydrogen-bond acceptors (Lipinski definition) is 4. The third-order valence-electron chi connectivity index (χ3n) is 3.21. The van der Waals surface area contributed by atoms with Gasteiger partial charge < -0.3 is 20.8 Å². The number of carboxylic acids is 1. The summed E-state index contributed by atoms with van der Waals surface area (Å²) >= 11 is 0.